The zero-order valence-corrected chi connectivity index (χ0v) is 11.2. The first-order valence-electron chi connectivity index (χ1n) is 6.09. The van der Waals surface area contributed by atoms with Crippen LogP contribution in [-0.2, 0) is 11.8 Å². The van der Waals surface area contributed by atoms with Gasteiger partial charge in [-0.1, -0.05) is 11.8 Å². The molecule has 1 N–H and O–H groups in total. The zero-order valence-electron chi connectivity index (χ0n) is 10.4. The minimum atomic E-state index is 0.398. The molecule has 2 unspecified atom stereocenters. The fraction of sp³-hybridized carbons (Fsp3) is 0.818. The molecule has 1 aliphatic heterocycles. The van der Waals surface area contributed by atoms with E-state index in [-0.39, 0.29) is 0 Å². The minimum Gasteiger partial charge on any atom is -0.377 e. The summed E-state index contributed by atoms with van der Waals surface area (Å²) >= 11 is 1.72. The van der Waals surface area contributed by atoms with E-state index >= 15 is 0 Å². The highest BCUT2D eigenvalue weighted by atomic mass is 32.2. The van der Waals surface area contributed by atoms with Gasteiger partial charge in [0.2, 0.25) is 0 Å². The molecule has 17 heavy (non-hydrogen) atoms. The molecular formula is C11H20N4OS. The average Bonchev–Trinajstić information content (AvgIpc) is 2.96. The third kappa shape index (κ3) is 3.69. The topological polar surface area (TPSA) is 52.0 Å². The Morgan fingerprint density at radius 1 is 1.71 bits per heavy atom. The maximum atomic E-state index is 5.64. The van der Waals surface area contributed by atoms with E-state index in [0.29, 0.717) is 12.1 Å². The lowest BCUT2D eigenvalue weighted by Gasteiger charge is -2.19. The van der Waals surface area contributed by atoms with Crippen LogP contribution < -0.4 is 5.32 Å². The maximum Gasteiger partial charge on any atom is 0.185 e. The van der Waals surface area contributed by atoms with Gasteiger partial charge in [-0.15, -0.1) is 0 Å². The average molecular weight is 256 g/mol. The third-order valence-electron chi connectivity index (χ3n) is 2.99. The predicted octanol–water partition coefficient (Wildman–Crippen LogP) is 1.06. The monoisotopic (exact) mass is 256 g/mol. The van der Waals surface area contributed by atoms with E-state index < -0.39 is 0 Å². The number of ether oxygens (including phenoxy) is 1. The molecule has 5 nitrogen and oxygen atoms in total. The van der Waals surface area contributed by atoms with Crippen LogP contribution in [-0.4, -0.2) is 45.8 Å². The van der Waals surface area contributed by atoms with Crippen molar-refractivity contribution in [2.45, 2.75) is 37.1 Å². The van der Waals surface area contributed by atoms with Gasteiger partial charge < -0.3 is 10.1 Å². The lowest BCUT2D eigenvalue weighted by atomic mass is 10.1. The zero-order chi connectivity index (χ0) is 12.1. The van der Waals surface area contributed by atoms with Gasteiger partial charge in [0.05, 0.1) is 6.10 Å². The van der Waals surface area contributed by atoms with Crippen molar-refractivity contribution < 1.29 is 4.74 Å². The van der Waals surface area contributed by atoms with Gasteiger partial charge in [0.25, 0.3) is 0 Å². The van der Waals surface area contributed by atoms with Gasteiger partial charge in [-0.3, -0.25) is 0 Å². The number of thioether (sulfide) groups is 1. The van der Waals surface area contributed by atoms with Crippen LogP contribution in [0, 0.1) is 0 Å². The van der Waals surface area contributed by atoms with Crippen molar-refractivity contribution in [2.24, 2.45) is 7.05 Å². The van der Waals surface area contributed by atoms with E-state index in [1.807, 2.05) is 7.05 Å². The highest BCUT2D eigenvalue weighted by Gasteiger charge is 2.21. The Balaban J connectivity index is 1.61. The molecular weight excluding hydrogens is 236 g/mol. The number of nitrogens with zero attached hydrogens (tertiary/aromatic N) is 3. The number of hydrogen-bond acceptors (Lipinski definition) is 5. The van der Waals surface area contributed by atoms with Crippen LogP contribution in [0.1, 0.15) is 19.8 Å². The Morgan fingerprint density at radius 2 is 2.59 bits per heavy atom. The molecule has 2 rings (SSSR count). The molecule has 0 aliphatic carbocycles. The van der Waals surface area contributed by atoms with Crippen molar-refractivity contribution >= 4 is 11.8 Å². The molecule has 2 atom stereocenters. The number of aromatic nitrogens is 3. The first-order valence-corrected chi connectivity index (χ1v) is 7.07. The second-order valence-corrected chi connectivity index (χ2v) is 5.37. The van der Waals surface area contributed by atoms with E-state index in [2.05, 4.69) is 22.3 Å². The molecule has 0 spiro atoms. The summed E-state index contributed by atoms with van der Waals surface area (Å²) in [5, 5.41) is 8.51. The van der Waals surface area contributed by atoms with Crippen molar-refractivity contribution in [3.05, 3.63) is 6.33 Å². The van der Waals surface area contributed by atoms with E-state index in [4.69, 9.17) is 4.74 Å². The first kappa shape index (κ1) is 12.9. The molecule has 0 radical (unpaired) electrons. The van der Waals surface area contributed by atoms with Crippen LogP contribution in [0.25, 0.3) is 0 Å². The standard InChI is InChI=1S/C11H20N4OS/c1-9(10-4-3-6-16-10)12-5-7-17-11-13-8-14-15(11)2/h8-10,12H,3-7H2,1-2H3. The van der Waals surface area contributed by atoms with E-state index in [0.717, 1.165) is 24.1 Å². The summed E-state index contributed by atoms with van der Waals surface area (Å²) in [7, 11) is 1.91. The van der Waals surface area contributed by atoms with Crippen LogP contribution in [0.5, 0.6) is 0 Å². The summed E-state index contributed by atoms with van der Waals surface area (Å²) in [6.07, 6.45) is 4.37. The van der Waals surface area contributed by atoms with Crippen LogP contribution in [0.3, 0.4) is 0 Å². The number of hydrogen-bond donors (Lipinski definition) is 1. The molecule has 1 aromatic heterocycles. The van der Waals surface area contributed by atoms with Crippen LogP contribution in [0.4, 0.5) is 0 Å². The third-order valence-corrected chi connectivity index (χ3v) is 4.03. The summed E-state index contributed by atoms with van der Waals surface area (Å²) < 4.78 is 7.44. The SMILES string of the molecule is CC(NCCSc1ncnn1C)C1CCCO1. The Morgan fingerprint density at radius 3 is 3.24 bits per heavy atom. The molecule has 0 bridgehead atoms. The normalized spacial score (nSPS) is 21.9. The van der Waals surface area contributed by atoms with Crippen molar-refractivity contribution in [3.8, 4) is 0 Å². The molecule has 0 aromatic carbocycles. The van der Waals surface area contributed by atoms with Gasteiger partial charge in [0.15, 0.2) is 5.16 Å². The van der Waals surface area contributed by atoms with Crippen molar-refractivity contribution in [2.75, 3.05) is 18.9 Å². The molecule has 6 heteroatoms. The second kappa shape index (κ2) is 6.37. The van der Waals surface area contributed by atoms with E-state index in [9.17, 15) is 0 Å². The van der Waals surface area contributed by atoms with Crippen LogP contribution in [0.2, 0.25) is 0 Å². The molecule has 1 fully saturated rings. The molecule has 2 heterocycles. The van der Waals surface area contributed by atoms with Crippen molar-refractivity contribution in [3.63, 3.8) is 0 Å². The first-order chi connectivity index (χ1) is 8.27. The predicted molar refractivity (Wildman–Crippen MR) is 68.2 cm³/mol. The molecule has 1 saturated heterocycles. The van der Waals surface area contributed by atoms with Crippen molar-refractivity contribution in [1.29, 1.82) is 0 Å². The number of aryl methyl sites for hydroxylation is 1. The summed E-state index contributed by atoms with van der Waals surface area (Å²) in [6, 6.07) is 0.442. The smallest absolute Gasteiger partial charge is 0.185 e. The summed E-state index contributed by atoms with van der Waals surface area (Å²) in [5.74, 6) is 1.00. The van der Waals surface area contributed by atoms with Gasteiger partial charge in [-0.05, 0) is 19.8 Å². The lowest BCUT2D eigenvalue weighted by Crippen LogP contribution is -2.38. The fourth-order valence-corrected chi connectivity index (χ4v) is 2.73. The Kier molecular flexibility index (Phi) is 4.82. The molecule has 96 valence electrons. The second-order valence-electron chi connectivity index (χ2n) is 4.31. The largest absolute Gasteiger partial charge is 0.377 e. The Bertz CT molecular complexity index is 338. The van der Waals surface area contributed by atoms with E-state index in [1.165, 1.54) is 12.8 Å². The van der Waals surface area contributed by atoms with Gasteiger partial charge in [0.1, 0.15) is 6.33 Å². The van der Waals surface area contributed by atoms with Crippen LogP contribution in [0.15, 0.2) is 11.5 Å². The molecule has 1 aromatic rings. The number of nitrogens with one attached hydrogen (secondary N) is 1. The maximum absolute atomic E-state index is 5.64. The van der Waals surface area contributed by atoms with Gasteiger partial charge in [-0.2, -0.15) is 5.10 Å². The van der Waals surface area contributed by atoms with Gasteiger partial charge >= 0.3 is 0 Å². The highest BCUT2D eigenvalue weighted by Crippen LogP contribution is 2.16. The fourth-order valence-electron chi connectivity index (χ4n) is 1.97. The molecule has 0 saturated carbocycles. The van der Waals surface area contributed by atoms with Gasteiger partial charge in [-0.25, -0.2) is 9.67 Å². The van der Waals surface area contributed by atoms with Crippen LogP contribution >= 0.6 is 11.8 Å². The summed E-state index contributed by atoms with van der Waals surface area (Å²) in [4.78, 5) is 4.17. The van der Waals surface area contributed by atoms with E-state index in [1.54, 1.807) is 22.8 Å². The molecule has 0 amide bonds. The summed E-state index contributed by atoms with van der Waals surface area (Å²) in [6.45, 7) is 4.09. The lowest BCUT2D eigenvalue weighted by molar-refractivity contribution is 0.0844. The quantitative estimate of drug-likeness (QED) is 0.609. The summed E-state index contributed by atoms with van der Waals surface area (Å²) in [5.41, 5.74) is 0. The van der Waals surface area contributed by atoms with Gasteiger partial charge in [0, 0.05) is 32.0 Å². The van der Waals surface area contributed by atoms with Crippen molar-refractivity contribution in [1.82, 2.24) is 20.1 Å². The Hall–Kier alpha value is -0.590. The Labute approximate surface area is 106 Å². The minimum absolute atomic E-state index is 0.398. The molecule has 1 aliphatic rings. The number of rotatable bonds is 6. The highest BCUT2D eigenvalue weighted by molar-refractivity contribution is 7.99.